The van der Waals surface area contributed by atoms with Gasteiger partial charge in [-0.25, -0.2) is 0 Å². The number of ether oxygens (including phenoxy) is 1. The molecule has 1 saturated carbocycles. The lowest BCUT2D eigenvalue weighted by atomic mass is 9.85. The average Bonchev–Trinajstić information content (AvgIpc) is 2.75. The highest BCUT2D eigenvalue weighted by molar-refractivity contribution is 4.91. The molecule has 1 N–H and O–H groups in total. The smallest absolute Gasteiger partial charge is 0.0692 e. The molecule has 0 amide bonds. The molecule has 0 aromatic carbocycles. The summed E-state index contributed by atoms with van der Waals surface area (Å²) in [5.41, 5.74) is 0.164. The lowest BCUT2D eigenvalue weighted by Gasteiger charge is -2.41. The monoisotopic (exact) mass is 239 g/mol. The molecule has 2 nitrogen and oxygen atoms in total. The van der Waals surface area contributed by atoms with Gasteiger partial charge in [0.2, 0.25) is 0 Å². The fourth-order valence-electron chi connectivity index (χ4n) is 3.61. The molecule has 0 aromatic heterocycles. The van der Waals surface area contributed by atoms with Crippen molar-refractivity contribution in [2.45, 2.75) is 83.4 Å². The van der Waals surface area contributed by atoms with Gasteiger partial charge in [-0.1, -0.05) is 27.2 Å². The molecule has 2 rings (SSSR count). The van der Waals surface area contributed by atoms with Crippen molar-refractivity contribution in [2.24, 2.45) is 5.92 Å². The molecule has 0 radical (unpaired) electrons. The van der Waals surface area contributed by atoms with Crippen molar-refractivity contribution < 1.29 is 4.74 Å². The summed E-state index contributed by atoms with van der Waals surface area (Å²) >= 11 is 0. The van der Waals surface area contributed by atoms with Gasteiger partial charge in [0.05, 0.1) is 5.60 Å². The van der Waals surface area contributed by atoms with Gasteiger partial charge in [-0.3, -0.25) is 0 Å². The first-order chi connectivity index (χ1) is 8.19. The van der Waals surface area contributed by atoms with Gasteiger partial charge in [-0.15, -0.1) is 0 Å². The second-order valence-electron chi connectivity index (χ2n) is 6.11. The molecule has 1 saturated heterocycles. The molecule has 1 heterocycles. The Morgan fingerprint density at radius 1 is 1.18 bits per heavy atom. The maximum absolute atomic E-state index is 6.05. The topological polar surface area (TPSA) is 21.3 Å². The van der Waals surface area contributed by atoms with E-state index < -0.39 is 0 Å². The first kappa shape index (κ1) is 13.4. The Hall–Kier alpha value is -0.0800. The highest BCUT2D eigenvalue weighted by atomic mass is 16.5. The van der Waals surface area contributed by atoms with E-state index in [1.165, 1.54) is 32.1 Å². The Bertz CT molecular complexity index is 237. The summed E-state index contributed by atoms with van der Waals surface area (Å²) in [5.74, 6) is 0.871. The van der Waals surface area contributed by atoms with Crippen LogP contribution in [0, 0.1) is 5.92 Å². The van der Waals surface area contributed by atoms with Crippen molar-refractivity contribution in [1.82, 2.24) is 5.32 Å². The lowest BCUT2D eigenvalue weighted by Crippen LogP contribution is -2.49. The van der Waals surface area contributed by atoms with Crippen molar-refractivity contribution in [3.63, 3.8) is 0 Å². The van der Waals surface area contributed by atoms with Gasteiger partial charge in [-0.05, 0) is 44.4 Å². The normalized spacial score (nSPS) is 37.2. The molecule has 3 unspecified atom stereocenters. The Morgan fingerprint density at radius 3 is 2.53 bits per heavy atom. The third-order valence-corrected chi connectivity index (χ3v) is 5.09. The van der Waals surface area contributed by atoms with Crippen molar-refractivity contribution >= 4 is 0 Å². The van der Waals surface area contributed by atoms with Gasteiger partial charge < -0.3 is 10.1 Å². The van der Waals surface area contributed by atoms with Crippen LogP contribution >= 0.6 is 0 Å². The van der Waals surface area contributed by atoms with Crippen LogP contribution < -0.4 is 5.32 Å². The third kappa shape index (κ3) is 3.03. The summed E-state index contributed by atoms with van der Waals surface area (Å²) in [5, 5.41) is 3.91. The summed E-state index contributed by atoms with van der Waals surface area (Å²) in [6.07, 6.45) is 8.92. The molecule has 0 aromatic rings. The molecule has 3 atom stereocenters. The first-order valence-electron chi connectivity index (χ1n) is 7.59. The van der Waals surface area contributed by atoms with Gasteiger partial charge >= 0.3 is 0 Å². The van der Waals surface area contributed by atoms with Crippen LogP contribution in [0.5, 0.6) is 0 Å². The molecule has 2 aliphatic rings. The zero-order chi connectivity index (χ0) is 12.3. The van der Waals surface area contributed by atoms with E-state index in [0.29, 0.717) is 6.04 Å². The van der Waals surface area contributed by atoms with Crippen molar-refractivity contribution in [3.05, 3.63) is 0 Å². The quantitative estimate of drug-likeness (QED) is 0.810. The predicted octanol–water partition coefficient (Wildman–Crippen LogP) is 3.50. The lowest BCUT2D eigenvalue weighted by molar-refractivity contribution is -0.0944. The summed E-state index contributed by atoms with van der Waals surface area (Å²) in [4.78, 5) is 0. The van der Waals surface area contributed by atoms with E-state index >= 15 is 0 Å². The molecular weight excluding hydrogens is 210 g/mol. The van der Waals surface area contributed by atoms with E-state index in [1.54, 1.807) is 0 Å². The van der Waals surface area contributed by atoms with Crippen LogP contribution in [-0.2, 0) is 4.74 Å². The van der Waals surface area contributed by atoms with E-state index in [9.17, 15) is 0 Å². The predicted molar refractivity (Wildman–Crippen MR) is 72.2 cm³/mol. The number of hydrogen-bond acceptors (Lipinski definition) is 2. The highest BCUT2D eigenvalue weighted by Gasteiger charge is 2.36. The van der Waals surface area contributed by atoms with Crippen LogP contribution in [0.25, 0.3) is 0 Å². The molecule has 100 valence electrons. The number of rotatable bonds is 4. The summed E-state index contributed by atoms with van der Waals surface area (Å²) < 4.78 is 6.05. The van der Waals surface area contributed by atoms with Gasteiger partial charge in [0.1, 0.15) is 0 Å². The van der Waals surface area contributed by atoms with E-state index in [-0.39, 0.29) is 5.60 Å². The Kier molecular flexibility index (Phi) is 4.48. The van der Waals surface area contributed by atoms with Crippen LogP contribution in [0.2, 0.25) is 0 Å². The van der Waals surface area contributed by atoms with Crippen LogP contribution in [0.1, 0.15) is 65.7 Å². The molecule has 0 bridgehead atoms. The van der Waals surface area contributed by atoms with Crippen molar-refractivity contribution in [3.8, 4) is 0 Å². The van der Waals surface area contributed by atoms with Crippen LogP contribution in [0.15, 0.2) is 0 Å². The van der Waals surface area contributed by atoms with Crippen molar-refractivity contribution in [1.29, 1.82) is 0 Å². The largest absolute Gasteiger partial charge is 0.375 e. The number of hydrogen-bond donors (Lipinski definition) is 1. The zero-order valence-electron chi connectivity index (χ0n) is 11.8. The van der Waals surface area contributed by atoms with E-state index in [2.05, 4.69) is 26.1 Å². The zero-order valence-corrected chi connectivity index (χ0v) is 11.8. The Balaban J connectivity index is 1.88. The molecular formula is C15H29NO. The summed E-state index contributed by atoms with van der Waals surface area (Å²) in [6.45, 7) is 7.88. The second kappa shape index (κ2) is 5.71. The maximum atomic E-state index is 6.05. The van der Waals surface area contributed by atoms with Gasteiger partial charge in [-0.2, -0.15) is 0 Å². The minimum atomic E-state index is 0.164. The highest BCUT2D eigenvalue weighted by Crippen LogP contribution is 2.33. The third-order valence-electron chi connectivity index (χ3n) is 5.09. The van der Waals surface area contributed by atoms with Crippen molar-refractivity contribution in [2.75, 3.05) is 6.61 Å². The fraction of sp³-hybridized carbons (Fsp3) is 1.00. The van der Waals surface area contributed by atoms with E-state index in [1.807, 2.05) is 0 Å². The summed E-state index contributed by atoms with van der Waals surface area (Å²) in [7, 11) is 0. The Morgan fingerprint density at radius 2 is 1.94 bits per heavy atom. The molecule has 0 spiro atoms. The van der Waals surface area contributed by atoms with Crippen LogP contribution in [-0.4, -0.2) is 24.3 Å². The van der Waals surface area contributed by atoms with Crippen LogP contribution in [0.3, 0.4) is 0 Å². The van der Waals surface area contributed by atoms with E-state index in [0.717, 1.165) is 31.4 Å². The van der Waals surface area contributed by atoms with Crippen LogP contribution in [0.4, 0.5) is 0 Å². The standard InChI is InChI=1S/C15H29NO/c1-4-15(5-2)11-13(9-10-17-15)16-14-8-6-7-12(14)3/h12-14,16H,4-11H2,1-3H3. The molecule has 2 fully saturated rings. The molecule has 1 aliphatic carbocycles. The Labute approximate surface area is 107 Å². The molecule has 17 heavy (non-hydrogen) atoms. The van der Waals surface area contributed by atoms with Gasteiger partial charge in [0, 0.05) is 18.7 Å². The maximum Gasteiger partial charge on any atom is 0.0692 e. The molecule has 1 aliphatic heterocycles. The molecule has 2 heteroatoms. The SMILES string of the molecule is CCC1(CC)CC(NC2CCCC2C)CCO1. The van der Waals surface area contributed by atoms with Gasteiger partial charge in [0.25, 0.3) is 0 Å². The first-order valence-corrected chi connectivity index (χ1v) is 7.59. The minimum absolute atomic E-state index is 0.164. The fourth-order valence-corrected chi connectivity index (χ4v) is 3.61. The minimum Gasteiger partial charge on any atom is -0.375 e. The second-order valence-corrected chi connectivity index (χ2v) is 6.11. The van der Waals surface area contributed by atoms with Gasteiger partial charge in [0.15, 0.2) is 0 Å². The summed E-state index contributed by atoms with van der Waals surface area (Å²) in [6, 6.07) is 1.46. The van der Waals surface area contributed by atoms with E-state index in [4.69, 9.17) is 4.74 Å². The number of nitrogens with one attached hydrogen (secondary N) is 1. The average molecular weight is 239 g/mol.